The maximum Gasteiger partial charge on any atom is 0.404 e. The lowest BCUT2D eigenvalue weighted by Crippen LogP contribution is -2.49. The van der Waals surface area contributed by atoms with Crippen molar-refractivity contribution in [2.45, 2.75) is 19.5 Å². The molecule has 2 rings (SSSR count). The molecule has 1 aromatic carbocycles. The molecule has 1 fully saturated rings. The number of benzene rings is 1. The Labute approximate surface area is 109 Å². The van der Waals surface area contributed by atoms with E-state index in [0.717, 1.165) is 5.56 Å². The van der Waals surface area contributed by atoms with Gasteiger partial charge in [-0.25, -0.2) is 0 Å². The number of alkyl halides is 3. The van der Waals surface area contributed by atoms with Gasteiger partial charge >= 0.3 is 6.18 Å². The number of rotatable bonds is 2. The third-order valence-electron chi connectivity index (χ3n) is 3.44. The van der Waals surface area contributed by atoms with Crippen LogP contribution in [0.1, 0.15) is 12.0 Å². The molecule has 6 heteroatoms. The zero-order valence-electron chi connectivity index (χ0n) is 10.5. The van der Waals surface area contributed by atoms with Gasteiger partial charge in [0.1, 0.15) is 0 Å². The Morgan fingerprint density at radius 1 is 1.32 bits per heavy atom. The van der Waals surface area contributed by atoms with Crippen molar-refractivity contribution in [1.29, 1.82) is 0 Å². The van der Waals surface area contributed by atoms with Crippen molar-refractivity contribution >= 4 is 11.6 Å². The fraction of sp³-hybridized carbons (Fsp3) is 0.462. The highest BCUT2D eigenvalue weighted by Gasteiger charge is 2.61. The van der Waals surface area contributed by atoms with E-state index in [1.54, 1.807) is 24.3 Å². The highest BCUT2D eigenvalue weighted by atomic mass is 19.4. The van der Waals surface area contributed by atoms with Crippen LogP contribution in [0.15, 0.2) is 24.3 Å². The first-order valence-corrected chi connectivity index (χ1v) is 6.01. The number of carbonyl (C=O) groups excluding carboxylic acids is 1. The molecule has 1 aromatic rings. The molecule has 104 valence electrons. The molecule has 1 saturated heterocycles. The molecule has 1 heterocycles. The minimum absolute atomic E-state index is 0.195. The van der Waals surface area contributed by atoms with Crippen molar-refractivity contribution in [3.05, 3.63) is 29.8 Å². The zero-order chi connectivity index (χ0) is 14.1. The number of aryl methyl sites for hydroxylation is 1. The standard InChI is InChI=1S/C13H15F3N2O/c1-9-2-4-10(5-3-9)18-11(19)12(13(14,15)16)6-7-17-8-12/h2-5,17H,6-8H2,1H3,(H,18,19). The van der Waals surface area contributed by atoms with Crippen LogP contribution in [0.3, 0.4) is 0 Å². The monoisotopic (exact) mass is 272 g/mol. The number of halogens is 3. The number of amides is 1. The van der Waals surface area contributed by atoms with Gasteiger partial charge in [0.2, 0.25) is 5.91 Å². The minimum atomic E-state index is -4.55. The van der Waals surface area contributed by atoms with E-state index in [2.05, 4.69) is 10.6 Å². The molecule has 0 aromatic heterocycles. The predicted octanol–water partition coefficient (Wildman–Crippen LogP) is 2.48. The van der Waals surface area contributed by atoms with Gasteiger partial charge in [0, 0.05) is 12.2 Å². The first-order chi connectivity index (χ1) is 8.85. The summed E-state index contributed by atoms with van der Waals surface area (Å²) in [6, 6.07) is 6.67. The lowest BCUT2D eigenvalue weighted by atomic mass is 9.85. The van der Waals surface area contributed by atoms with Gasteiger partial charge in [0.15, 0.2) is 5.41 Å². The molecule has 1 unspecified atom stereocenters. The Hall–Kier alpha value is -1.56. The topological polar surface area (TPSA) is 41.1 Å². The lowest BCUT2D eigenvalue weighted by Gasteiger charge is -2.29. The van der Waals surface area contributed by atoms with Crippen LogP contribution in [0.25, 0.3) is 0 Å². The third kappa shape index (κ3) is 2.58. The number of hydrogen-bond acceptors (Lipinski definition) is 2. The summed E-state index contributed by atoms with van der Waals surface area (Å²) in [4.78, 5) is 12.0. The molecule has 0 saturated carbocycles. The normalized spacial score (nSPS) is 23.4. The van der Waals surface area contributed by atoms with E-state index in [0.29, 0.717) is 5.69 Å². The smallest absolute Gasteiger partial charge is 0.325 e. The van der Waals surface area contributed by atoms with Crippen molar-refractivity contribution in [2.75, 3.05) is 18.4 Å². The summed E-state index contributed by atoms with van der Waals surface area (Å²) in [5, 5.41) is 4.97. The SMILES string of the molecule is Cc1ccc(NC(=O)C2(C(F)(F)F)CCNC2)cc1. The molecule has 1 amide bonds. The van der Waals surface area contributed by atoms with E-state index in [-0.39, 0.29) is 19.5 Å². The molecule has 1 aliphatic rings. The van der Waals surface area contributed by atoms with E-state index in [1.165, 1.54) is 0 Å². The molecule has 19 heavy (non-hydrogen) atoms. The van der Waals surface area contributed by atoms with Gasteiger partial charge in [-0.2, -0.15) is 13.2 Å². The highest BCUT2D eigenvalue weighted by molar-refractivity contribution is 5.96. The van der Waals surface area contributed by atoms with Gasteiger partial charge in [-0.1, -0.05) is 17.7 Å². The second kappa shape index (κ2) is 4.85. The fourth-order valence-electron chi connectivity index (χ4n) is 2.14. The quantitative estimate of drug-likeness (QED) is 0.868. The zero-order valence-corrected chi connectivity index (χ0v) is 10.5. The van der Waals surface area contributed by atoms with Crippen LogP contribution >= 0.6 is 0 Å². The summed E-state index contributed by atoms with van der Waals surface area (Å²) in [5.41, 5.74) is -0.963. The summed E-state index contributed by atoms with van der Waals surface area (Å²) in [6.07, 6.45) is -4.78. The summed E-state index contributed by atoms with van der Waals surface area (Å²) in [6.45, 7) is 1.69. The third-order valence-corrected chi connectivity index (χ3v) is 3.44. The molecule has 0 aliphatic carbocycles. The molecule has 1 atom stereocenters. The molecule has 3 nitrogen and oxygen atoms in total. The maximum atomic E-state index is 13.1. The second-order valence-electron chi connectivity index (χ2n) is 4.83. The van der Waals surface area contributed by atoms with Gasteiger partial charge in [-0.05, 0) is 32.0 Å². The Kier molecular flexibility index (Phi) is 3.54. The largest absolute Gasteiger partial charge is 0.404 e. The molecule has 0 spiro atoms. The second-order valence-corrected chi connectivity index (χ2v) is 4.83. The Morgan fingerprint density at radius 3 is 2.42 bits per heavy atom. The number of hydrogen-bond donors (Lipinski definition) is 2. The summed E-state index contributed by atoms with van der Waals surface area (Å²) in [5.74, 6) is -0.992. The van der Waals surface area contributed by atoms with E-state index >= 15 is 0 Å². The Balaban J connectivity index is 2.19. The van der Waals surface area contributed by atoms with Crippen molar-refractivity contribution < 1.29 is 18.0 Å². The van der Waals surface area contributed by atoms with Crippen molar-refractivity contribution in [2.24, 2.45) is 5.41 Å². The molecule has 1 aliphatic heterocycles. The van der Waals surface area contributed by atoms with Gasteiger partial charge in [-0.3, -0.25) is 4.79 Å². The Bertz CT molecular complexity index is 462. The van der Waals surface area contributed by atoms with Gasteiger partial charge in [0.25, 0.3) is 0 Å². The maximum absolute atomic E-state index is 13.1. The first kappa shape index (κ1) is 13.9. The number of anilines is 1. The summed E-state index contributed by atoms with van der Waals surface area (Å²) < 4.78 is 39.4. The lowest BCUT2D eigenvalue weighted by molar-refractivity contribution is -0.213. The number of nitrogens with one attached hydrogen (secondary N) is 2. The molecule has 2 N–H and O–H groups in total. The molecular formula is C13H15F3N2O. The summed E-state index contributed by atoms with van der Waals surface area (Å²) in [7, 11) is 0. The van der Waals surface area contributed by atoms with Crippen molar-refractivity contribution in [1.82, 2.24) is 5.32 Å². The average Bonchev–Trinajstić information content (AvgIpc) is 2.82. The van der Waals surface area contributed by atoms with E-state index < -0.39 is 17.5 Å². The van der Waals surface area contributed by atoms with Crippen molar-refractivity contribution in [3.63, 3.8) is 0 Å². The first-order valence-electron chi connectivity index (χ1n) is 6.01. The van der Waals surface area contributed by atoms with Crippen LogP contribution in [0.4, 0.5) is 18.9 Å². The van der Waals surface area contributed by atoms with E-state index in [1.807, 2.05) is 6.92 Å². The highest BCUT2D eigenvalue weighted by Crippen LogP contribution is 2.43. The van der Waals surface area contributed by atoms with Gasteiger partial charge in [-0.15, -0.1) is 0 Å². The predicted molar refractivity (Wildman–Crippen MR) is 65.8 cm³/mol. The van der Waals surface area contributed by atoms with Crippen LogP contribution in [0.2, 0.25) is 0 Å². The van der Waals surface area contributed by atoms with Crippen LogP contribution in [0, 0.1) is 12.3 Å². The van der Waals surface area contributed by atoms with Crippen LogP contribution in [-0.2, 0) is 4.79 Å². The molecule has 0 radical (unpaired) electrons. The van der Waals surface area contributed by atoms with E-state index in [9.17, 15) is 18.0 Å². The minimum Gasteiger partial charge on any atom is -0.325 e. The molecule has 0 bridgehead atoms. The van der Waals surface area contributed by atoms with Crippen LogP contribution in [0.5, 0.6) is 0 Å². The van der Waals surface area contributed by atoms with Crippen LogP contribution < -0.4 is 10.6 Å². The average molecular weight is 272 g/mol. The fourth-order valence-corrected chi connectivity index (χ4v) is 2.14. The Morgan fingerprint density at radius 2 is 1.95 bits per heavy atom. The summed E-state index contributed by atoms with van der Waals surface area (Å²) >= 11 is 0. The molecular weight excluding hydrogens is 257 g/mol. The number of carbonyl (C=O) groups is 1. The van der Waals surface area contributed by atoms with Gasteiger partial charge in [0.05, 0.1) is 0 Å². The van der Waals surface area contributed by atoms with Gasteiger partial charge < -0.3 is 10.6 Å². The van der Waals surface area contributed by atoms with Crippen molar-refractivity contribution in [3.8, 4) is 0 Å². The van der Waals surface area contributed by atoms with E-state index in [4.69, 9.17) is 0 Å². The van der Waals surface area contributed by atoms with Crippen LogP contribution in [-0.4, -0.2) is 25.2 Å².